The van der Waals surface area contributed by atoms with E-state index in [4.69, 9.17) is 0 Å². The molecule has 0 N–H and O–H groups in total. The van der Waals surface area contributed by atoms with E-state index in [2.05, 4.69) is 37.8 Å². The van der Waals surface area contributed by atoms with E-state index in [0.717, 1.165) is 6.42 Å². The summed E-state index contributed by atoms with van der Waals surface area (Å²) >= 11 is 0. The summed E-state index contributed by atoms with van der Waals surface area (Å²) in [4.78, 5) is 0. The first-order valence-electron chi connectivity index (χ1n) is 7.82. The Kier molecular flexibility index (Phi) is 15.5. The molecule has 0 aliphatic rings. The van der Waals surface area contributed by atoms with Crippen molar-refractivity contribution in [3.8, 4) is 0 Å². The van der Waals surface area contributed by atoms with E-state index in [-0.39, 0.29) is 0 Å². The molecular weight excluding hydrogens is 216 g/mol. The Morgan fingerprint density at radius 3 is 1.78 bits per heavy atom. The lowest BCUT2D eigenvalue weighted by molar-refractivity contribution is 0.652. The number of unbranched alkanes of at least 4 members (excludes halogenated alkanes) is 8. The molecule has 18 heavy (non-hydrogen) atoms. The van der Waals surface area contributed by atoms with Gasteiger partial charge >= 0.3 is 0 Å². The van der Waals surface area contributed by atoms with Crippen molar-refractivity contribution in [1.29, 1.82) is 0 Å². The third-order valence-electron chi connectivity index (χ3n) is 3.11. The third-order valence-corrected chi connectivity index (χ3v) is 3.11. The van der Waals surface area contributed by atoms with Gasteiger partial charge in [-0.2, -0.15) is 0 Å². The molecule has 0 aromatic carbocycles. The lowest BCUT2D eigenvalue weighted by Crippen LogP contribution is -1.76. The molecule has 0 unspecified atom stereocenters. The molecule has 0 aromatic rings. The van der Waals surface area contributed by atoms with Crippen molar-refractivity contribution in [1.82, 2.24) is 0 Å². The van der Waals surface area contributed by atoms with Gasteiger partial charge in [0.15, 0.2) is 0 Å². The highest BCUT2D eigenvalue weighted by Crippen LogP contribution is 2.06. The molecule has 0 heteroatoms. The molecule has 104 valence electrons. The van der Waals surface area contributed by atoms with E-state index in [0.29, 0.717) is 0 Å². The van der Waals surface area contributed by atoms with Crippen LogP contribution in [0.1, 0.15) is 77.6 Å². The van der Waals surface area contributed by atoms with Crippen LogP contribution in [0.4, 0.5) is 0 Å². The molecule has 0 bridgehead atoms. The van der Waals surface area contributed by atoms with Crippen molar-refractivity contribution in [3.05, 3.63) is 37.0 Å². The van der Waals surface area contributed by atoms with E-state index in [1.165, 1.54) is 64.2 Å². The van der Waals surface area contributed by atoms with Gasteiger partial charge in [0, 0.05) is 0 Å². The number of hydrogen-bond donors (Lipinski definition) is 0. The second-order valence-electron chi connectivity index (χ2n) is 4.95. The van der Waals surface area contributed by atoms with Crippen LogP contribution in [0, 0.1) is 0 Å². The maximum absolute atomic E-state index is 3.74. The fourth-order valence-electron chi connectivity index (χ4n) is 1.92. The Morgan fingerprint density at radius 2 is 1.22 bits per heavy atom. The van der Waals surface area contributed by atoms with Crippen molar-refractivity contribution in [2.24, 2.45) is 0 Å². The molecule has 0 amide bonds. The van der Waals surface area contributed by atoms with Crippen LogP contribution in [0.25, 0.3) is 0 Å². The zero-order chi connectivity index (χ0) is 13.3. The summed E-state index contributed by atoms with van der Waals surface area (Å²) in [5, 5.41) is 0. The van der Waals surface area contributed by atoms with Gasteiger partial charge < -0.3 is 0 Å². The van der Waals surface area contributed by atoms with Crippen molar-refractivity contribution >= 4 is 0 Å². The zero-order valence-electron chi connectivity index (χ0n) is 12.4. The minimum Gasteiger partial charge on any atom is -0.103 e. The summed E-state index contributed by atoms with van der Waals surface area (Å²) in [5.74, 6) is 0. The molecule has 0 nitrogen and oxygen atoms in total. The highest BCUT2D eigenvalue weighted by atomic mass is 13.9. The van der Waals surface area contributed by atoms with Crippen LogP contribution in [-0.4, -0.2) is 0 Å². The van der Waals surface area contributed by atoms with Gasteiger partial charge in [0.25, 0.3) is 0 Å². The third kappa shape index (κ3) is 15.2. The predicted molar refractivity (Wildman–Crippen MR) is 84.9 cm³/mol. The SMILES string of the molecule is C=CCCCCCC/C=C\CC=CCCCCC. The van der Waals surface area contributed by atoms with Crippen molar-refractivity contribution in [2.75, 3.05) is 0 Å². The van der Waals surface area contributed by atoms with Crippen LogP contribution in [0.5, 0.6) is 0 Å². The first-order chi connectivity index (χ1) is 8.91. The first-order valence-corrected chi connectivity index (χ1v) is 7.82. The van der Waals surface area contributed by atoms with Gasteiger partial charge in [0.05, 0.1) is 0 Å². The van der Waals surface area contributed by atoms with Gasteiger partial charge in [-0.25, -0.2) is 0 Å². The van der Waals surface area contributed by atoms with Gasteiger partial charge in [-0.15, -0.1) is 6.58 Å². The fraction of sp³-hybridized carbons (Fsp3) is 0.667. The molecule has 0 radical (unpaired) electrons. The summed E-state index contributed by atoms with van der Waals surface area (Å²) in [5.41, 5.74) is 0. The Morgan fingerprint density at radius 1 is 0.667 bits per heavy atom. The maximum atomic E-state index is 3.74. The molecular formula is C18H32. The highest BCUT2D eigenvalue weighted by Gasteiger charge is 1.86. The van der Waals surface area contributed by atoms with Crippen LogP contribution in [0.15, 0.2) is 37.0 Å². The Balaban J connectivity index is 3.15. The smallest absolute Gasteiger partial charge is 0.0169 e. The van der Waals surface area contributed by atoms with Crippen LogP contribution in [0.3, 0.4) is 0 Å². The normalized spacial score (nSPS) is 11.6. The minimum absolute atomic E-state index is 1.11. The van der Waals surface area contributed by atoms with Crippen molar-refractivity contribution < 1.29 is 0 Å². The number of rotatable bonds is 13. The molecule has 0 spiro atoms. The van der Waals surface area contributed by atoms with Crippen molar-refractivity contribution in [3.63, 3.8) is 0 Å². The quantitative estimate of drug-likeness (QED) is 0.254. The average molecular weight is 248 g/mol. The lowest BCUT2D eigenvalue weighted by Gasteiger charge is -1.96. The molecule has 0 aliphatic heterocycles. The predicted octanol–water partition coefficient (Wildman–Crippen LogP) is 6.60. The lowest BCUT2D eigenvalue weighted by atomic mass is 10.1. The Labute approximate surface area is 115 Å². The van der Waals surface area contributed by atoms with E-state index < -0.39 is 0 Å². The van der Waals surface area contributed by atoms with Crippen LogP contribution in [0.2, 0.25) is 0 Å². The van der Waals surface area contributed by atoms with Crippen LogP contribution in [-0.2, 0) is 0 Å². The molecule has 0 fully saturated rings. The summed E-state index contributed by atoms with van der Waals surface area (Å²) in [6, 6.07) is 0. The van der Waals surface area contributed by atoms with Gasteiger partial charge in [-0.05, 0) is 44.9 Å². The van der Waals surface area contributed by atoms with E-state index in [1.807, 2.05) is 6.08 Å². The standard InChI is InChI=1S/C18H32/c1-3-5-7-9-11-13-15-17-18-16-14-12-10-8-6-4-2/h3,12,14,17-18H,1,4-11,13,15-16H2,2H3/b14-12?,18-17-. The number of hydrogen-bond acceptors (Lipinski definition) is 0. The molecule has 0 aliphatic carbocycles. The fourth-order valence-corrected chi connectivity index (χ4v) is 1.92. The van der Waals surface area contributed by atoms with Crippen LogP contribution < -0.4 is 0 Å². The van der Waals surface area contributed by atoms with Gasteiger partial charge in [0.2, 0.25) is 0 Å². The molecule has 0 heterocycles. The monoisotopic (exact) mass is 248 g/mol. The molecule has 0 saturated heterocycles. The van der Waals surface area contributed by atoms with E-state index in [9.17, 15) is 0 Å². The maximum Gasteiger partial charge on any atom is -0.0169 e. The summed E-state index contributed by atoms with van der Waals surface area (Å²) < 4.78 is 0. The second-order valence-corrected chi connectivity index (χ2v) is 4.95. The molecule has 0 saturated carbocycles. The van der Waals surface area contributed by atoms with E-state index >= 15 is 0 Å². The summed E-state index contributed by atoms with van der Waals surface area (Å²) in [7, 11) is 0. The average Bonchev–Trinajstić information content (AvgIpc) is 2.39. The molecule has 0 atom stereocenters. The van der Waals surface area contributed by atoms with Gasteiger partial charge in [-0.3, -0.25) is 0 Å². The van der Waals surface area contributed by atoms with Crippen molar-refractivity contribution in [2.45, 2.75) is 77.6 Å². The van der Waals surface area contributed by atoms with Gasteiger partial charge in [0.1, 0.15) is 0 Å². The van der Waals surface area contributed by atoms with Crippen LogP contribution >= 0.6 is 0 Å². The summed E-state index contributed by atoms with van der Waals surface area (Å²) in [6.45, 7) is 6.00. The number of allylic oxidation sites excluding steroid dienone is 5. The Hall–Kier alpha value is -0.780. The topological polar surface area (TPSA) is 0 Å². The molecule has 0 rings (SSSR count). The molecule has 0 aromatic heterocycles. The van der Waals surface area contributed by atoms with Gasteiger partial charge in [-0.1, -0.05) is 63.0 Å². The first kappa shape index (κ1) is 17.2. The second kappa shape index (κ2) is 16.2. The Bertz CT molecular complexity index is 210. The largest absolute Gasteiger partial charge is 0.103 e. The zero-order valence-corrected chi connectivity index (χ0v) is 12.4. The highest BCUT2D eigenvalue weighted by molar-refractivity contribution is 4.92. The van der Waals surface area contributed by atoms with E-state index in [1.54, 1.807) is 0 Å². The minimum atomic E-state index is 1.11. The summed E-state index contributed by atoms with van der Waals surface area (Å²) in [6.07, 6.45) is 25.5.